The Morgan fingerprint density at radius 3 is 2.09 bits per heavy atom. The maximum Gasteiger partial charge on any atom is 0.233 e. The molecule has 5 nitrogen and oxygen atoms in total. The highest BCUT2D eigenvalue weighted by molar-refractivity contribution is 6.03. The topological polar surface area (TPSA) is 66.5 Å². The van der Waals surface area contributed by atoms with Crippen LogP contribution in [0.1, 0.15) is 61.8 Å². The first-order chi connectivity index (χ1) is 10.3. The van der Waals surface area contributed by atoms with Crippen LogP contribution in [0.4, 0.5) is 0 Å². The lowest BCUT2D eigenvalue weighted by Gasteiger charge is -2.42. The predicted octanol–water partition coefficient (Wildman–Crippen LogP) is 2.59. The zero-order chi connectivity index (χ0) is 18.2. The van der Waals surface area contributed by atoms with Gasteiger partial charge in [-0.15, -0.1) is 0 Å². The molecule has 1 aliphatic heterocycles. The van der Waals surface area contributed by atoms with Crippen LogP contribution in [0.2, 0.25) is 0 Å². The molecule has 0 bridgehead atoms. The van der Waals surface area contributed by atoms with E-state index in [0.717, 1.165) is 0 Å². The van der Waals surface area contributed by atoms with Crippen molar-refractivity contribution in [2.45, 2.75) is 67.9 Å². The fourth-order valence-electron chi connectivity index (χ4n) is 2.74. The molecule has 3 amide bonds. The number of amides is 3. The summed E-state index contributed by atoms with van der Waals surface area (Å²) in [6, 6.07) is 0.0537. The number of likely N-dealkylation sites (tertiary alicyclic amines) is 1. The molecule has 1 fully saturated rings. The van der Waals surface area contributed by atoms with Gasteiger partial charge in [0.05, 0.1) is 5.41 Å². The molecule has 1 atom stereocenters. The zero-order valence-corrected chi connectivity index (χ0v) is 15.8. The van der Waals surface area contributed by atoms with E-state index in [0.29, 0.717) is 0 Å². The summed E-state index contributed by atoms with van der Waals surface area (Å²) in [5.41, 5.74) is -1.23. The van der Waals surface area contributed by atoms with Gasteiger partial charge < -0.3 is 5.32 Å². The highest BCUT2D eigenvalue weighted by atomic mass is 16.2. The van der Waals surface area contributed by atoms with Crippen molar-refractivity contribution < 1.29 is 14.4 Å². The second-order valence-electron chi connectivity index (χ2n) is 8.51. The molecule has 0 saturated carbocycles. The number of nitrogens with one attached hydrogen (secondary N) is 1. The minimum absolute atomic E-state index is 0.0537. The minimum Gasteiger partial charge on any atom is -0.353 e. The quantitative estimate of drug-likeness (QED) is 0.764. The van der Waals surface area contributed by atoms with Crippen LogP contribution in [-0.2, 0) is 14.4 Å². The van der Waals surface area contributed by atoms with Gasteiger partial charge in [0.25, 0.3) is 0 Å². The van der Waals surface area contributed by atoms with Crippen LogP contribution in [-0.4, -0.2) is 35.2 Å². The third-order valence-electron chi connectivity index (χ3n) is 5.32. The first-order valence-corrected chi connectivity index (χ1v) is 8.46. The standard InChI is InChI=1S/C18H32N2O3/c1-11(2)13-9-14(21)20(15(13)22)10-17(5,6)18(7,8)16(23)19-12(3)4/h11-13H,9-10H2,1-8H3,(H,19,23). The van der Waals surface area contributed by atoms with Crippen LogP contribution < -0.4 is 5.32 Å². The molecule has 0 aromatic rings. The first kappa shape index (κ1) is 19.7. The van der Waals surface area contributed by atoms with E-state index < -0.39 is 10.8 Å². The van der Waals surface area contributed by atoms with Gasteiger partial charge in [0.15, 0.2) is 0 Å². The highest BCUT2D eigenvalue weighted by Gasteiger charge is 2.48. The normalized spacial score (nSPS) is 19.9. The van der Waals surface area contributed by atoms with Crippen molar-refractivity contribution in [2.75, 3.05) is 6.54 Å². The number of hydrogen-bond donors (Lipinski definition) is 1. The molecule has 1 saturated heterocycles. The Morgan fingerprint density at radius 1 is 1.17 bits per heavy atom. The summed E-state index contributed by atoms with van der Waals surface area (Å²) < 4.78 is 0. The van der Waals surface area contributed by atoms with Crippen molar-refractivity contribution in [1.82, 2.24) is 10.2 Å². The van der Waals surface area contributed by atoms with E-state index in [2.05, 4.69) is 5.32 Å². The number of rotatable bonds is 6. The Labute approximate surface area is 140 Å². The number of carbonyl (C=O) groups is 3. The Hall–Kier alpha value is -1.39. The molecule has 1 rings (SSSR count). The van der Waals surface area contributed by atoms with Crippen molar-refractivity contribution in [1.29, 1.82) is 0 Å². The molecule has 23 heavy (non-hydrogen) atoms. The number of nitrogens with zero attached hydrogens (tertiary/aromatic N) is 1. The number of carbonyl (C=O) groups excluding carboxylic acids is 3. The van der Waals surface area contributed by atoms with Gasteiger partial charge in [0.2, 0.25) is 17.7 Å². The summed E-state index contributed by atoms with van der Waals surface area (Å²) in [6.45, 7) is 15.7. The molecule has 0 aromatic carbocycles. The molecule has 5 heteroatoms. The van der Waals surface area contributed by atoms with E-state index in [9.17, 15) is 14.4 Å². The molecule has 1 aliphatic rings. The van der Waals surface area contributed by atoms with Crippen LogP contribution in [0, 0.1) is 22.7 Å². The van der Waals surface area contributed by atoms with Gasteiger partial charge in [-0.1, -0.05) is 41.5 Å². The van der Waals surface area contributed by atoms with E-state index in [4.69, 9.17) is 0 Å². The smallest absolute Gasteiger partial charge is 0.233 e. The fourth-order valence-corrected chi connectivity index (χ4v) is 2.74. The van der Waals surface area contributed by atoms with Gasteiger partial charge in [-0.2, -0.15) is 0 Å². The first-order valence-electron chi connectivity index (χ1n) is 8.46. The third kappa shape index (κ3) is 3.93. The van der Waals surface area contributed by atoms with Crippen molar-refractivity contribution in [3.8, 4) is 0 Å². The fraction of sp³-hybridized carbons (Fsp3) is 0.833. The summed E-state index contributed by atoms with van der Waals surface area (Å²) in [5, 5.41) is 2.94. The number of imide groups is 1. The van der Waals surface area contributed by atoms with Crippen molar-refractivity contribution in [3.63, 3.8) is 0 Å². The van der Waals surface area contributed by atoms with E-state index in [1.165, 1.54) is 4.90 Å². The molecule has 0 spiro atoms. The summed E-state index contributed by atoms with van der Waals surface area (Å²) >= 11 is 0. The lowest BCUT2D eigenvalue weighted by molar-refractivity contribution is -0.147. The van der Waals surface area contributed by atoms with Crippen LogP contribution in [0.25, 0.3) is 0 Å². The molecule has 0 aromatic heterocycles. The third-order valence-corrected chi connectivity index (χ3v) is 5.32. The van der Waals surface area contributed by atoms with Crippen LogP contribution in [0.5, 0.6) is 0 Å². The van der Waals surface area contributed by atoms with E-state index in [-0.39, 0.29) is 48.6 Å². The van der Waals surface area contributed by atoms with Crippen molar-refractivity contribution in [3.05, 3.63) is 0 Å². The highest BCUT2D eigenvalue weighted by Crippen LogP contribution is 2.41. The number of hydrogen-bond acceptors (Lipinski definition) is 3. The summed E-state index contributed by atoms with van der Waals surface area (Å²) in [6.07, 6.45) is 0.283. The largest absolute Gasteiger partial charge is 0.353 e. The van der Waals surface area contributed by atoms with Gasteiger partial charge >= 0.3 is 0 Å². The second-order valence-corrected chi connectivity index (χ2v) is 8.51. The van der Waals surface area contributed by atoms with E-state index in [1.807, 2.05) is 55.4 Å². The average molecular weight is 324 g/mol. The Balaban J connectivity index is 2.95. The average Bonchev–Trinajstić information content (AvgIpc) is 2.65. The maximum absolute atomic E-state index is 12.5. The van der Waals surface area contributed by atoms with Gasteiger partial charge in [0.1, 0.15) is 0 Å². The van der Waals surface area contributed by atoms with Gasteiger partial charge in [-0.25, -0.2) is 0 Å². The van der Waals surface area contributed by atoms with Crippen LogP contribution >= 0.6 is 0 Å². The Bertz CT molecular complexity index is 492. The van der Waals surface area contributed by atoms with Gasteiger partial charge in [-0.05, 0) is 25.2 Å². The molecule has 132 valence electrons. The van der Waals surface area contributed by atoms with Gasteiger partial charge in [-0.3, -0.25) is 19.3 Å². The summed E-state index contributed by atoms with van der Waals surface area (Å²) in [5.74, 6) is -0.361. The summed E-state index contributed by atoms with van der Waals surface area (Å²) in [7, 11) is 0. The van der Waals surface area contributed by atoms with E-state index >= 15 is 0 Å². The lowest BCUT2D eigenvalue weighted by atomic mass is 9.67. The molecule has 0 aliphatic carbocycles. The SMILES string of the molecule is CC(C)NC(=O)C(C)(C)C(C)(C)CN1C(=O)CC(C(C)C)C1=O. The van der Waals surface area contributed by atoms with Crippen molar-refractivity contribution in [2.24, 2.45) is 22.7 Å². The van der Waals surface area contributed by atoms with Crippen LogP contribution in [0.3, 0.4) is 0 Å². The molecular weight excluding hydrogens is 292 g/mol. The maximum atomic E-state index is 12.5. The van der Waals surface area contributed by atoms with E-state index in [1.54, 1.807) is 0 Å². The molecular formula is C18H32N2O3. The Kier molecular flexibility index (Phi) is 5.65. The van der Waals surface area contributed by atoms with Crippen molar-refractivity contribution >= 4 is 17.7 Å². The predicted molar refractivity (Wildman–Crippen MR) is 90.5 cm³/mol. The zero-order valence-electron chi connectivity index (χ0n) is 15.8. The Morgan fingerprint density at radius 2 is 1.70 bits per heavy atom. The summed E-state index contributed by atoms with van der Waals surface area (Å²) in [4.78, 5) is 38.7. The minimum atomic E-state index is -0.701. The second kappa shape index (κ2) is 6.62. The molecule has 1 unspecified atom stereocenters. The molecule has 0 radical (unpaired) electrons. The monoisotopic (exact) mass is 324 g/mol. The van der Waals surface area contributed by atoms with Crippen LogP contribution in [0.15, 0.2) is 0 Å². The van der Waals surface area contributed by atoms with Gasteiger partial charge in [0, 0.05) is 24.9 Å². The lowest BCUT2D eigenvalue weighted by Crippen LogP contribution is -2.53. The molecule has 1 heterocycles. The molecule has 1 N–H and O–H groups in total.